The molecule has 0 aliphatic rings. The van der Waals surface area contributed by atoms with Crippen LogP contribution >= 0.6 is 0 Å². The highest BCUT2D eigenvalue weighted by Gasteiger charge is 2.33. The first kappa shape index (κ1) is 20.6. The number of para-hydroxylation sites is 1. The lowest BCUT2D eigenvalue weighted by Gasteiger charge is -2.14. The average Bonchev–Trinajstić information content (AvgIpc) is 2.59. The van der Waals surface area contributed by atoms with Gasteiger partial charge in [0.05, 0.1) is 21.7 Å². The second-order valence-electron chi connectivity index (χ2n) is 5.60. The summed E-state index contributed by atoms with van der Waals surface area (Å²) in [7, 11) is 0. The van der Waals surface area contributed by atoms with Gasteiger partial charge in [-0.2, -0.15) is 13.2 Å². The molecule has 0 heterocycles. The molecule has 0 saturated carbocycles. The fourth-order valence-corrected chi connectivity index (χ4v) is 2.29. The summed E-state index contributed by atoms with van der Waals surface area (Å²) in [6, 6.07) is 7.11. The standard InChI is InChI=1S/C18H13F3N2O5/c1-10(24)12(8-11-6-7-16(25)15(9-11)23(27)28)17(26)22-14-5-3-2-4-13(14)18(19,20)21/h2-9,25H,1H3,(H,22,26)/p-1/b12-8+. The van der Waals surface area contributed by atoms with Crippen LogP contribution in [-0.4, -0.2) is 16.6 Å². The summed E-state index contributed by atoms with van der Waals surface area (Å²) in [6.45, 7) is 1.01. The normalized spacial score (nSPS) is 11.8. The zero-order chi connectivity index (χ0) is 21.1. The number of Topliss-reactive ketones (excluding diaryl/α,β-unsaturated/α-hetero) is 1. The smallest absolute Gasteiger partial charge is 0.418 e. The first-order valence-corrected chi connectivity index (χ1v) is 7.66. The molecule has 0 aliphatic carbocycles. The lowest BCUT2D eigenvalue weighted by molar-refractivity contribution is -0.398. The molecule has 146 valence electrons. The predicted molar refractivity (Wildman–Crippen MR) is 91.3 cm³/mol. The summed E-state index contributed by atoms with van der Waals surface area (Å²) in [6.07, 6.45) is -3.77. The summed E-state index contributed by atoms with van der Waals surface area (Å²) >= 11 is 0. The van der Waals surface area contributed by atoms with Gasteiger partial charge in [0.25, 0.3) is 11.6 Å². The minimum absolute atomic E-state index is 0.00393. The number of nitro groups is 1. The van der Waals surface area contributed by atoms with Crippen LogP contribution in [0.5, 0.6) is 5.75 Å². The van der Waals surface area contributed by atoms with Crippen molar-refractivity contribution in [2.24, 2.45) is 0 Å². The fraction of sp³-hybridized carbons (Fsp3) is 0.111. The third kappa shape index (κ3) is 4.72. The van der Waals surface area contributed by atoms with E-state index < -0.39 is 51.1 Å². The lowest BCUT2D eigenvalue weighted by Crippen LogP contribution is -2.21. The van der Waals surface area contributed by atoms with Crippen LogP contribution in [0.15, 0.2) is 48.0 Å². The Kier molecular flexibility index (Phi) is 5.82. The molecule has 0 bridgehead atoms. The van der Waals surface area contributed by atoms with E-state index in [2.05, 4.69) is 0 Å². The molecule has 28 heavy (non-hydrogen) atoms. The maximum atomic E-state index is 13.0. The Morgan fingerprint density at radius 2 is 1.79 bits per heavy atom. The minimum atomic E-state index is -4.73. The lowest BCUT2D eigenvalue weighted by atomic mass is 10.1. The Hall–Kier alpha value is -3.69. The van der Waals surface area contributed by atoms with E-state index in [-0.39, 0.29) is 5.56 Å². The van der Waals surface area contributed by atoms with E-state index in [1.807, 2.05) is 5.32 Å². The fourth-order valence-electron chi connectivity index (χ4n) is 2.29. The Morgan fingerprint density at radius 1 is 1.14 bits per heavy atom. The van der Waals surface area contributed by atoms with Gasteiger partial charge >= 0.3 is 6.18 Å². The Bertz CT molecular complexity index is 983. The number of ketones is 1. The number of benzene rings is 2. The number of hydrogen-bond donors (Lipinski definition) is 1. The minimum Gasteiger partial charge on any atom is -0.868 e. The van der Waals surface area contributed by atoms with E-state index >= 15 is 0 Å². The van der Waals surface area contributed by atoms with Crippen molar-refractivity contribution in [3.8, 4) is 5.75 Å². The van der Waals surface area contributed by atoms with E-state index in [0.717, 1.165) is 49.4 Å². The van der Waals surface area contributed by atoms with Crippen molar-refractivity contribution in [3.63, 3.8) is 0 Å². The summed E-state index contributed by atoms with van der Waals surface area (Å²) in [5.74, 6) is -2.77. The first-order valence-electron chi connectivity index (χ1n) is 7.66. The molecule has 10 heteroatoms. The number of carbonyl (C=O) groups is 2. The van der Waals surface area contributed by atoms with Crippen molar-refractivity contribution >= 4 is 29.1 Å². The Morgan fingerprint density at radius 3 is 2.36 bits per heavy atom. The van der Waals surface area contributed by atoms with E-state index in [4.69, 9.17) is 0 Å². The summed E-state index contributed by atoms with van der Waals surface area (Å²) in [5, 5.41) is 24.3. The van der Waals surface area contributed by atoms with Crippen LogP contribution in [-0.2, 0) is 15.8 Å². The number of carbonyl (C=O) groups excluding carboxylic acids is 2. The number of alkyl halides is 3. The van der Waals surface area contributed by atoms with E-state index in [1.54, 1.807) is 0 Å². The average molecular weight is 393 g/mol. The van der Waals surface area contributed by atoms with Gasteiger partial charge in [-0.25, -0.2) is 0 Å². The SMILES string of the molecule is CC(=O)/C(=C\c1ccc([O-])c([N+](=O)[O-])c1)C(=O)Nc1ccccc1C(F)(F)F. The molecule has 0 atom stereocenters. The van der Waals surface area contributed by atoms with Crippen LogP contribution in [0.4, 0.5) is 24.5 Å². The maximum absolute atomic E-state index is 13.0. The molecule has 2 aromatic carbocycles. The summed E-state index contributed by atoms with van der Waals surface area (Å²) in [4.78, 5) is 34.1. The highest BCUT2D eigenvalue weighted by molar-refractivity contribution is 6.25. The zero-order valence-corrected chi connectivity index (χ0v) is 14.2. The van der Waals surface area contributed by atoms with E-state index in [9.17, 15) is 38.0 Å². The molecule has 0 aliphatic heterocycles. The van der Waals surface area contributed by atoms with Gasteiger partial charge in [-0.15, -0.1) is 0 Å². The van der Waals surface area contributed by atoms with Gasteiger partial charge in [-0.3, -0.25) is 19.7 Å². The number of nitrogens with one attached hydrogen (secondary N) is 1. The zero-order valence-electron chi connectivity index (χ0n) is 14.2. The predicted octanol–water partition coefficient (Wildman–Crippen LogP) is 3.30. The number of anilines is 1. The van der Waals surface area contributed by atoms with Gasteiger partial charge in [0, 0.05) is 6.07 Å². The molecule has 0 unspecified atom stereocenters. The molecule has 0 radical (unpaired) electrons. The molecule has 2 aromatic rings. The monoisotopic (exact) mass is 393 g/mol. The van der Waals surface area contributed by atoms with E-state index in [0.29, 0.717) is 0 Å². The van der Waals surface area contributed by atoms with Gasteiger partial charge in [0.2, 0.25) is 0 Å². The number of rotatable bonds is 5. The molecule has 7 nitrogen and oxygen atoms in total. The summed E-state index contributed by atoms with van der Waals surface area (Å²) < 4.78 is 39.1. The number of nitro benzene ring substituents is 1. The van der Waals surface area contributed by atoms with Gasteiger partial charge in [-0.1, -0.05) is 24.3 Å². The number of halogens is 3. The molecule has 1 N–H and O–H groups in total. The van der Waals surface area contributed by atoms with Crippen molar-refractivity contribution in [1.82, 2.24) is 0 Å². The van der Waals surface area contributed by atoms with Crippen LogP contribution in [0.25, 0.3) is 6.08 Å². The number of nitrogens with zero attached hydrogens (tertiary/aromatic N) is 1. The van der Waals surface area contributed by atoms with Gasteiger partial charge in [0.15, 0.2) is 5.78 Å². The largest absolute Gasteiger partial charge is 0.868 e. The highest BCUT2D eigenvalue weighted by Crippen LogP contribution is 2.34. The first-order chi connectivity index (χ1) is 13.0. The number of amides is 1. The third-order valence-electron chi connectivity index (χ3n) is 3.60. The second-order valence-corrected chi connectivity index (χ2v) is 5.60. The molecule has 1 amide bonds. The maximum Gasteiger partial charge on any atom is 0.418 e. The molecule has 0 spiro atoms. The highest BCUT2D eigenvalue weighted by atomic mass is 19.4. The quantitative estimate of drug-likeness (QED) is 0.275. The third-order valence-corrected chi connectivity index (χ3v) is 3.60. The summed E-state index contributed by atoms with van der Waals surface area (Å²) in [5.41, 5.74) is -2.95. The molecular weight excluding hydrogens is 381 g/mol. The van der Waals surface area contributed by atoms with Crippen molar-refractivity contribution in [2.45, 2.75) is 13.1 Å². The van der Waals surface area contributed by atoms with Crippen molar-refractivity contribution in [1.29, 1.82) is 0 Å². The van der Waals surface area contributed by atoms with Crippen LogP contribution in [0.3, 0.4) is 0 Å². The molecule has 2 rings (SSSR count). The Labute approximate surface area is 156 Å². The van der Waals surface area contributed by atoms with Gasteiger partial charge < -0.3 is 10.4 Å². The number of hydrogen-bond acceptors (Lipinski definition) is 5. The van der Waals surface area contributed by atoms with Crippen LogP contribution in [0.1, 0.15) is 18.1 Å². The van der Waals surface area contributed by atoms with Crippen LogP contribution < -0.4 is 10.4 Å². The second kappa shape index (κ2) is 7.91. The van der Waals surface area contributed by atoms with Crippen molar-refractivity contribution in [3.05, 3.63) is 69.3 Å². The molecule has 0 aromatic heterocycles. The molecule has 0 saturated heterocycles. The van der Waals surface area contributed by atoms with Gasteiger partial charge in [-0.05, 0) is 36.4 Å². The van der Waals surface area contributed by atoms with Crippen molar-refractivity contribution < 1.29 is 32.8 Å². The molecule has 0 fully saturated rings. The van der Waals surface area contributed by atoms with Crippen molar-refractivity contribution in [2.75, 3.05) is 5.32 Å². The molecular formula is C18H12F3N2O5-. The Balaban J connectivity index is 2.42. The van der Waals surface area contributed by atoms with Crippen LogP contribution in [0, 0.1) is 10.1 Å². The topological polar surface area (TPSA) is 112 Å². The van der Waals surface area contributed by atoms with Crippen LogP contribution in [0.2, 0.25) is 0 Å². The van der Waals surface area contributed by atoms with Gasteiger partial charge in [0.1, 0.15) is 0 Å². The van der Waals surface area contributed by atoms with E-state index in [1.165, 1.54) is 6.07 Å².